The molecule has 1 heterocycles. The van der Waals surface area contributed by atoms with E-state index in [-0.39, 0.29) is 17.3 Å². The Morgan fingerprint density at radius 3 is 2.38 bits per heavy atom. The fourth-order valence-corrected chi connectivity index (χ4v) is 3.88. The van der Waals surface area contributed by atoms with Gasteiger partial charge in [-0.15, -0.1) is 11.3 Å². The lowest BCUT2D eigenvalue weighted by Crippen LogP contribution is -2.31. The highest BCUT2D eigenvalue weighted by atomic mass is 79.9. The van der Waals surface area contributed by atoms with Crippen molar-refractivity contribution < 1.29 is 18.7 Å². The van der Waals surface area contributed by atoms with E-state index in [1.165, 1.54) is 37.7 Å². The first-order valence-corrected chi connectivity index (χ1v) is 8.67. The number of halogens is 2. The van der Waals surface area contributed by atoms with Crippen molar-refractivity contribution in [3.8, 4) is 11.5 Å². The van der Waals surface area contributed by atoms with Crippen LogP contribution in [-0.2, 0) is 4.79 Å². The zero-order valence-electron chi connectivity index (χ0n) is 13.7. The van der Waals surface area contributed by atoms with Crippen LogP contribution in [0.1, 0.15) is 10.9 Å². The molecule has 0 aliphatic heterocycles. The third-order valence-electron chi connectivity index (χ3n) is 3.35. The summed E-state index contributed by atoms with van der Waals surface area (Å²) < 4.78 is 25.3. The van der Waals surface area contributed by atoms with E-state index in [0.717, 1.165) is 9.35 Å². The van der Waals surface area contributed by atoms with Gasteiger partial charge in [-0.25, -0.2) is 4.39 Å². The van der Waals surface area contributed by atoms with E-state index >= 15 is 0 Å². The maximum absolute atomic E-state index is 14.2. The molecule has 5 nitrogen and oxygen atoms in total. The highest BCUT2D eigenvalue weighted by molar-refractivity contribution is 9.10. The molecule has 1 aromatic heterocycles. The number of amides is 1. The number of hydrogen-bond acceptors (Lipinski definition) is 5. The average Bonchev–Trinajstić information content (AvgIpc) is 2.94. The number of methoxy groups -OCH3 is 2. The van der Waals surface area contributed by atoms with Crippen LogP contribution in [0.4, 0.5) is 10.1 Å². The Hall–Kier alpha value is -1.64. The number of benzene rings is 1. The van der Waals surface area contributed by atoms with E-state index in [9.17, 15) is 9.18 Å². The summed E-state index contributed by atoms with van der Waals surface area (Å²) in [5.41, 5.74) is 0.0418. The molecule has 0 bridgehead atoms. The van der Waals surface area contributed by atoms with Crippen molar-refractivity contribution in [2.45, 2.75) is 6.04 Å². The van der Waals surface area contributed by atoms with E-state index in [2.05, 4.69) is 21.2 Å². The number of ether oxygens (including phenoxy) is 2. The Morgan fingerprint density at radius 2 is 1.88 bits per heavy atom. The van der Waals surface area contributed by atoms with Gasteiger partial charge in [-0.3, -0.25) is 9.69 Å². The minimum absolute atomic E-state index is 0.0418. The average molecular weight is 417 g/mol. The van der Waals surface area contributed by atoms with Crippen molar-refractivity contribution in [1.82, 2.24) is 4.90 Å². The van der Waals surface area contributed by atoms with Gasteiger partial charge in [-0.05, 0) is 36.1 Å². The van der Waals surface area contributed by atoms with Crippen molar-refractivity contribution in [1.29, 1.82) is 0 Å². The molecule has 2 rings (SSSR count). The van der Waals surface area contributed by atoms with Crippen molar-refractivity contribution in [2.75, 3.05) is 33.6 Å². The van der Waals surface area contributed by atoms with Gasteiger partial charge in [0.25, 0.3) is 0 Å². The minimum atomic E-state index is -0.592. The summed E-state index contributed by atoms with van der Waals surface area (Å²) in [6.07, 6.45) is 0. The van der Waals surface area contributed by atoms with Crippen LogP contribution in [0.15, 0.2) is 28.1 Å². The fraction of sp³-hybridized carbons (Fsp3) is 0.312. The van der Waals surface area contributed by atoms with Crippen LogP contribution < -0.4 is 14.8 Å². The fourth-order valence-electron chi connectivity index (χ4n) is 2.24. The predicted molar refractivity (Wildman–Crippen MR) is 96.6 cm³/mol. The SMILES string of the molecule is COc1cc(F)c(NC(=O)[C@H](c2cc(Br)cs2)N(C)C)cc1OC. The van der Waals surface area contributed by atoms with E-state index in [1.54, 1.807) is 19.0 Å². The van der Waals surface area contributed by atoms with Crippen molar-refractivity contribution in [2.24, 2.45) is 0 Å². The first-order valence-electron chi connectivity index (χ1n) is 7.00. The number of nitrogens with one attached hydrogen (secondary N) is 1. The second-order valence-electron chi connectivity index (χ2n) is 5.21. The molecule has 0 fully saturated rings. The summed E-state index contributed by atoms with van der Waals surface area (Å²) in [7, 11) is 6.46. The number of carbonyl (C=O) groups excluding carboxylic acids is 1. The zero-order chi connectivity index (χ0) is 17.9. The maximum Gasteiger partial charge on any atom is 0.247 e. The minimum Gasteiger partial charge on any atom is -0.493 e. The van der Waals surface area contributed by atoms with Gasteiger partial charge < -0.3 is 14.8 Å². The molecule has 0 spiro atoms. The molecule has 0 radical (unpaired) electrons. The molecule has 1 aromatic carbocycles. The smallest absolute Gasteiger partial charge is 0.247 e. The summed E-state index contributed by atoms with van der Waals surface area (Å²) >= 11 is 4.84. The monoisotopic (exact) mass is 416 g/mol. The number of carbonyl (C=O) groups is 1. The predicted octanol–water partition coefficient (Wildman–Crippen LogP) is 3.91. The van der Waals surface area contributed by atoms with Crippen LogP contribution in [0.25, 0.3) is 0 Å². The second-order valence-corrected chi connectivity index (χ2v) is 7.07. The molecule has 130 valence electrons. The molecular weight excluding hydrogens is 399 g/mol. The highest BCUT2D eigenvalue weighted by Gasteiger charge is 2.26. The van der Waals surface area contributed by atoms with Gasteiger partial charge >= 0.3 is 0 Å². The summed E-state index contributed by atoms with van der Waals surface area (Å²) in [6.45, 7) is 0. The van der Waals surface area contributed by atoms with Gasteiger partial charge in [0.2, 0.25) is 5.91 Å². The number of nitrogens with zero attached hydrogens (tertiary/aromatic N) is 1. The maximum atomic E-state index is 14.2. The highest BCUT2D eigenvalue weighted by Crippen LogP contribution is 2.34. The van der Waals surface area contributed by atoms with Crippen LogP contribution >= 0.6 is 27.3 Å². The van der Waals surface area contributed by atoms with Gasteiger partial charge in [-0.1, -0.05) is 0 Å². The Bertz CT molecular complexity index is 736. The van der Waals surface area contributed by atoms with Crippen LogP contribution in [0.2, 0.25) is 0 Å². The van der Waals surface area contributed by atoms with E-state index in [1.807, 2.05) is 11.4 Å². The lowest BCUT2D eigenvalue weighted by molar-refractivity contribution is -0.120. The summed E-state index contributed by atoms with van der Waals surface area (Å²) in [5.74, 6) is -0.319. The van der Waals surface area contributed by atoms with Crippen LogP contribution in [0.5, 0.6) is 11.5 Å². The molecule has 0 aliphatic carbocycles. The third kappa shape index (κ3) is 4.06. The summed E-state index contributed by atoms with van der Waals surface area (Å²) in [5, 5.41) is 4.52. The number of hydrogen-bond donors (Lipinski definition) is 1. The first-order chi connectivity index (χ1) is 11.4. The molecule has 0 aliphatic rings. The lowest BCUT2D eigenvalue weighted by atomic mass is 10.2. The first kappa shape index (κ1) is 18.7. The van der Waals surface area contributed by atoms with Gasteiger partial charge in [-0.2, -0.15) is 0 Å². The topological polar surface area (TPSA) is 50.8 Å². The van der Waals surface area contributed by atoms with Gasteiger partial charge in [0.1, 0.15) is 6.04 Å². The molecule has 0 saturated heterocycles. The Balaban J connectivity index is 2.30. The molecule has 8 heteroatoms. The van der Waals surface area contributed by atoms with Crippen LogP contribution in [0, 0.1) is 5.82 Å². The zero-order valence-corrected chi connectivity index (χ0v) is 16.1. The molecule has 2 aromatic rings. The van der Waals surface area contributed by atoms with E-state index < -0.39 is 11.9 Å². The van der Waals surface area contributed by atoms with Crippen molar-refractivity contribution in [3.05, 3.63) is 38.7 Å². The Morgan fingerprint density at radius 1 is 1.25 bits per heavy atom. The van der Waals surface area contributed by atoms with Gasteiger partial charge in [0.15, 0.2) is 17.3 Å². The molecule has 1 N–H and O–H groups in total. The van der Waals surface area contributed by atoms with Crippen LogP contribution in [-0.4, -0.2) is 39.1 Å². The van der Waals surface area contributed by atoms with Gasteiger partial charge in [0.05, 0.1) is 19.9 Å². The molecule has 1 amide bonds. The second kappa shape index (κ2) is 7.96. The molecule has 1 atom stereocenters. The summed E-state index contributed by atoms with van der Waals surface area (Å²) in [6, 6.07) is 3.93. The number of thiophene rings is 1. The number of anilines is 1. The van der Waals surface area contributed by atoms with Crippen molar-refractivity contribution >= 4 is 38.9 Å². The molecule has 0 unspecified atom stereocenters. The third-order valence-corrected chi connectivity index (χ3v) is 5.10. The molecule has 0 saturated carbocycles. The molecule has 24 heavy (non-hydrogen) atoms. The quantitative estimate of drug-likeness (QED) is 0.775. The van der Waals surface area contributed by atoms with E-state index in [4.69, 9.17) is 9.47 Å². The molecular formula is C16H18BrFN2O3S. The number of rotatable bonds is 6. The largest absolute Gasteiger partial charge is 0.493 e. The van der Waals surface area contributed by atoms with E-state index in [0.29, 0.717) is 5.75 Å². The Kier molecular flexibility index (Phi) is 6.20. The summed E-state index contributed by atoms with van der Waals surface area (Å²) in [4.78, 5) is 15.3. The van der Waals surface area contributed by atoms with Crippen molar-refractivity contribution in [3.63, 3.8) is 0 Å². The lowest BCUT2D eigenvalue weighted by Gasteiger charge is -2.22. The standard InChI is InChI=1S/C16H18BrFN2O3S/c1-20(2)15(14-5-9(17)8-24-14)16(21)19-11-7-13(23-4)12(22-3)6-10(11)18/h5-8,15H,1-4H3,(H,19,21)/t15-/m0/s1. The van der Waals surface area contributed by atoms with Crippen LogP contribution in [0.3, 0.4) is 0 Å². The van der Waals surface area contributed by atoms with Gasteiger partial charge in [0, 0.05) is 26.9 Å². The normalized spacial score (nSPS) is 12.1. The Labute approximate surface area is 152 Å². The number of likely N-dealkylation sites (N-methyl/N-ethyl adjacent to an activating group) is 1.